The molecule has 238 valence electrons. The summed E-state index contributed by atoms with van der Waals surface area (Å²) in [5, 5.41) is 0. The molecule has 1 aliphatic rings. The third-order valence-corrected chi connectivity index (χ3v) is 8.55. The van der Waals surface area contributed by atoms with E-state index >= 15 is 0 Å². The number of aromatic nitrogens is 1. The molecule has 0 saturated heterocycles. The fourth-order valence-corrected chi connectivity index (χ4v) is 6.39. The van der Waals surface area contributed by atoms with E-state index in [2.05, 4.69) is 0 Å². The fourth-order valence-electron chi connectivity index (χ4n) is 5.41. The van der Waals surface area contributed by atoms with Gasteiger partial charge in [0.05, 0.1) is 55.3 Å². The molecule has 10 nitrogen and oxygen atoms in total. The van der Waals surface area contributed by atoms with Crippen LogP contribution in [-0.4, -0.2) is 44.4 Å². The molecule has 0 saturated carbocycles. The minimum atomic E-state index is -0.893. The topological polar surface area (TPSA) is 119 Å². The van der Waals surface area contributed by atoms with Crippen LogP contribution in [-0.2, 0) is 14.3 Å². The molecular formula is C36H30N2O8S. The summed E-state index contributed by atoms with van der Waals surface area (Å²) in [6, 6.07) is 24.1. The number of ether oxygens (including phenoxy) is 4. The Morgan fingerprint density at radius 3 is 2.38 bits per heavy atom. The van der Waals surface area contributed by atoms with Gasteiger partial charge in [0.1, 0.15) is 11.5 Å². The number of benzene rings is 3. The molecule has 0 spiro atoms. The van der Waals surface area contributed by atoms with Gasteiger partial charge in [-0.1, -0.05) is 59.9 Å². The molecule has 3 heterocycles. The van der Waals surface area contributed by atoms with Crippen LogP contribution in [0.2, 0.25) is 0 Å². The number of hydrogen-bond donors (Lipinski definition) is 0. The van der Waals surface area contributed by atoms with Gasteiger partial charge in [0.25, 0.3) is 5.56 Å². The number of rotatable bonds is 9. The van der Waals surface area contributed by atoms with E-state index in [1.807, 2.05) is 36.4 Å². The zero-order valence-corrected chi connectivity index (χ0v) is 26.8. The molecule has 11 heteroatoms. The Hall–Kier alpha value is -5.68. The van der Waals surface area contributed by atoms with Crippen molar-refractivity contribution in [2.24, 2.45) is 4.99 Å². The van der Waals surface area contributed by atoms with Crippen molar-refractivity contribution in [2.75, 3.05) is 27.9 Å². The van der Waals surface area contributed by atoms with E-state index in [0.29, 0.717) is 60.3 Å². The summed E-state index contributed by atoms with van der Waals surface area (Å²) in [5.74, 6) is 0.820. The predicted molar refractivity (Wildman–Crippen MR) is 176 cm³/mol. The third-order valence-electron chi connectivity index (χ3n) is 7.57. The van der Waals surface area contributed by atoms with Gasteiger partial charge in [0.15, 0.2) is 16.3 Å². The maximum atomic E-state index is 14.2. The summed E-state index contributed by atoms with van der Waals surface area (Å²) in [5.41, 5.74) is 2.62. The predicted octanol–water partition coefficient (Wildman–Crippen LogP) is 5.00. The Balaban J connectivity index is 1.54. The Kier molecular flexibility index (Phi) is 8.90. The first-order chi connectivity index (χ1) is 22.9. The second-order valence-corrected chi connectivity index (χ2v) is 11.3. The van der Waals surface area contributed by atoms with Crippen LogP contribution >= 0.6 is 11.3 Å². The number of fused-ring (bicyclic) bond motifs is 1. The lowest BCUT2D eigenvalue weighted by molar-refractivity contribution is -0.138. The molecule has 0 N–H and O–H groups in total. The van der Waals surface area contributed by atoms with Crippen LogP contribution in [0.4, 0.5) is 0 Å². The normalized spacial score (nSPS) is 14.3. The van der Waals surface area contributed by atoms with Gasteiger partial charge in [-0.05, 0) is 48.9 Å². The van der Waals surface area contributed by atoms with E-state index < -0.39 is 18.0 Å². The summed E-state index contributed by atoms with van der Waals surface area (Å²) in [6.07, 6.45) is 1.64. The molecule has 6 rings (SSSR count). The van der Waals surface area contributed by atoms with Crippen molar-refractivity contribution in [1.29, 1.82) is 0 Å². The van der Waals surface area contributed by atoms with Gasteiger partial charge in [-0.15, -0.1) is 0 Å². The van der Waals surface area contributed by atoms with E-state index in [1.54, 1.807) is 61.5 Å². The Labute approximate surface area is 273 Å². The Bertz CT molecular complexity index is 2190. The van der Waals surface area contributed by atoms with Crippen molar-refractivity contribution in [3.05, 3.63) is 133 Å². The number of carbonyl (C=O) groups excluding carboxylic acids is 2. The van der Waals surface area contributed by atoms with Gasteiger partial charge < -0.3 is 23.4 Å². The van der Waals surface area contributed by atoms with Crippen LogP contribution in [0.3, 0.4) is 0 Å². The summed E-state index contributed by atoms with van der Waals surface area (Å²) in [6.45, 7) is 1.86. The summed E-state index contributed by atoms with van der Waals surface area (Å²) in [7, 11) is 4.38. The SMILES string of the molecule is CCOC(=O)C1=C(c2ccccc2)N=c2s/c(=C\c3ccc(-c4cccc(C(=O)OC)c4)o3)c(=O)n2[C@@H]1c1ccc(OC)c(OC)c1. The number of esters is 2. The van der Waals surface area contributed by atoms with Gasteiger partial charge >= 0.3 is 11.9 Å². The molecular weight excluding hydrogens is 620 g/mol. The molecule has 0 unspecified atom stereocenters. The quantitative estimate of drug-likeness (QED) is 0.205. The van der Waals surface area contributed by atoms with Crippen molar-refractivity contribution >= 4 is 35.0 Å². The molecule has 2 aromatic heterocycles. The van der Waals surface area contributed by atoms with Crippen molar-refractivity contribution in [2.45, 2.75) is 13.0 Å². The lowest BCUT2D eigenvalue weighted by Crippen LogP contribution is -2.40. The maximum absolute atomic E-state index is 14.2. The highest BCUT2D eigenvalue weighted by Crippen LogP contribution is 2.38. The van der Waals surface area contributed by atoms with Gasteiger partial charge in [-0.2, -0.15) is 0 Å². The highest BCUT2D eigenvalue weighted by molar-refractivity contribution is 7.07. The lowest BCUT2D eigenvalue weighted by Gasteiger charge is -2.26. The molecule has 0 fully saturated rings. The zero-order chi connectivity index (χ0) is 33.1. The van der Waals surface area contributed by atoms with Crippen LogP contribution in [0.15, 0.2) is 105 Å². The fraction of sp³-hybridized carbons (Fsp3) is 0.167. The largest absolute Gasteiger partial charge is 0.493 e. The van der Waals surface area contributed by atoms with Crippen LogP contribution in [0.5, 0.6) is 11.5 Å². The highest BCUT2D eigenvalue weighted by Gasteiger charge is 2.35. The van der Waals surface area contributed by atoms with Crippen molar-refractivity contribution < 1.29 is 33.0 Å². The second kappa shape index (κ2) is 13.4. The molecule has 0 bridgehead atoms. The van der Waals surface area contributed by atoms with Gasteiger partial charge in [-0.25, -0.2) is 14.6 Å². The Morgan fingerprint density at radius 2 is 1.66 bits per heavy atom. The summed E-state index contributed by atoms with van der Waals surface area (Å²) in [4.78, 5) is 45.3. The molecule has 0 radical (unpaired) electrons. The smallest absolute Gasteiger partial charge is 0.338 e. The molecule has 0 amide bonds. The number of methoxy groups -OCH3 is 3. The van der Waals surface area contributed by atoms with Crippen LogP contribution in [0.1, 0.15) is 40.2 Å². The first-order valence-electron chi connectivity index (χ1n) is 14.7. The van der Waals surface area contributed by atoms with Gasteiger partial charge in [-0.3, -0.25) is 9.36 Å². The number of hydrogen-bond acceptors (Lipinski definition) is 10. The maximum Gasteiger partial charge on any atom is 0.338 e. The monoisotopic (exact) mass is 650 g/mol. The molecule has 5 aromatic rings. The number of thiazole rings is 1. The minimum absolute atomic E-state index is 0.136. The van der Waals surface area contributed by atoms with Crippen LogP contribution < -0.4 is 24.4 Å². The molecule has 0 aliphatic carbocycles. The van der Waals surface area contributed by atoms with E-state index in [4.69, 9.17) is 28.4 Å². The van der Waals surface area contributed by atoms with Gasteiger partial charge in [0.2, 0.25) is 0 Å². The summed E-state index contributed by atoms with van der Waals surface area (Å²) >= 11 is 1.18. The lowest BCUT2D eigenvalue weighted by atomic mass is 9.93. The number of furan rings is 1. The Morgan fingerprint density at radius 1 is 0.894 bits per heavy atom. The molecule has 3 aromatic carbocycles. The van der Waals surface area contributed by atoms with E-state index in [1.165, 1.54) is 37.2 Å². The number of nitrogens with zero attached hydrogens (tertiary/aromatic N) is 2. The van der Waals surface area contributed by atoms with Crippen LogP contribution in [0, 0.1) is 0 Å². The van der Waals surface area contributed by atoms with E-state index in [0.717, 1.165) is 0 Å². The minimum Gasteiger partial charge on any atom is -0.493 e. The zero-order valence-electron chi connectivity index (χ0n) is 26.0. The highest BCUT2D eigenvalue weighted by atomic mass is 32.1. The van der Waals surface area contributed by atoms with E-state index in [-0.39, 0.29) is 17.7 Å². The average molecular weight is 651 g/mol. The standard InChI is InChI=1S/C36H30N2O8S/c1-5-45-35(41)30-31(21-10-7-6-8-11-21)37-36-38(32(30)23-14-16-27(42-2)28(19-23)43-3)33(39)29(47-36)20-25-15-17-26(46-25)22-12-9-13-24(18-22)34(40)44-4/h6-20,32H,5H2,1-4H3/b29-20-/t32-/m1/s1. The molecule has 1 aliphatic heterocycles. The van der Waals surface area contributed by atoms with Crippen molar-refractivity contribution in [1.82, 2.24) is 4.57 Å². The van der Waals surface area contributed by atoms with Gasteiger partial charge in [0, 0.05) is 17.2 Å². The van der Waals surface area contributed by atoms with Crippen molar-refractivity contribution in [3.63, 3.8) is 0 Å². The second-order valence-electron chi connectivity index (χ2n) is 10.3. The summed E-state index contributed by atoms with van der Waals surface area (Å²) < 4.78 is 29.3. The molecule has 1 atom stereocenters. The van der Waals surface area contributed by atoms with Crippen molar-refractivity contribution in [3.8, 4) is 22.8 Å². The van der Waals surface area contributed by atoms with E-state index in [9.17, 15) is 14.4 Å². The molecule has 47 heavy (non-hydrogen) atoms. The third kappa shape index (κ3) is 6.00. The first-order valence-corrected chi connectivity index (χ1v) is 15.5. The number of carbonyl (C=O) groups is 2. The average Bonchev–Trinajstić information content (AvgIpc) is 3.71. The first kappa shape index (κ1) is 31.3. The van der Waals surface area contributed by atoms with Crippen LogP contribution in [0.25, 0.3) is 23.1 Å².